The third-order valence-corrected chi connectivity index (χ3v) is 4.84. The Morgan fingerprint density at radius 2 is 2.20 bits per heavy atom. The first-order valence-electron chi connectivity index (χ1n) is 6.61. The lowest BCUT2D eigenvalue weighted by atomic mass is 10.2. The molecule has 1 aromatic carbocycles. The quantitative estimate of drug-likeness (QED) is 0.816. The predicted molar refractivity (Wildman–Crippen MR) is 86.6 cm³/mol. The maximum absolute atomic E-state index is 12.0. The van der Waals surface area contributed by atoms with Gasteiger partial charge in [-0.15, -0.1) is 23.1 Å². The molecule has 1 aromatic heterocycles. The number of nitrogens with one attached hydrogen (secondary N) is 1. The molecular formula is C15H18N2OS2. The van der Waals surface area contributed by atoms with Crippen LogP contribution in [0.5, 0.6) is 0 Å². The van der Waals surface area contributed by atoms with Gasteiger partial charge in [-0.05, 0) is 31.2 Å². The molecule has 0 unspecified atom stereocenters. The van der Waals surface area contributed by atoms with Crippen LogP contribution in [-0.4, -0.2) is 16.6 Å². The molecule has 2 aromatic rings. The summed E-state index contributed by atoms with van der Waals surface area (Å²) in [6.07, 6.45) is 1.25. The zero-order valence-corrected chi connectivity index (χ0v) is 13.3. The van der Waals surface area contributed by atoms with E-state index in [-0.39, 0.29) is 5.91 Å². The molecular weight excluding hydrogens is 288 g/mol. The average molecular weight is 306 g/mol. The molecule has 0 aliphatic rings. The van der Waals surface area contributed by atoms with Gasteiger partial charge >= 0.3 is 0 Å². The Morgan fingerprint density at radius 3 is 2.90 bits per heavy atom. The van der Waals surface area contributed by atoms with Crippen molar-refractivity contribution in [1.82, 2.24) is 4.98 Å². The SMILES string of the molecule is CCSc1ccccc1NC(=O)CCc1scnc1C. The summed E-state index contributed by atoms with van der Waals surface area (Å²) < 4.78 is 0. The summed E-state index contributed by atoms with van der Waals surface area (Å²) in [5.41, 5.74) is 3.77. The molecule has 1 heterocycles. The second-order valence-electron chi connectivity index (χ2n) is 4.34. The molecule has 20 heavy (non-hydrogen) atoms. The summed E-state index contributed by atoms with van der Waals surface area (Å²) in [6, 6.07) is 7.93. The highest BCUT2D eigenvalue weighted by molar-refractivity contribution is 7.99. The van der Waals surface area contributed by atoms with Crippen LogP contribution in [0.4, 0.5) is 5.69 Å². The molecule has 0 fully saturated rings. The van der Waals surface area contributed by atoms with E-state index in [0.29, 0.717) is 6.42 Å². The number of thioether (sulfide) groups is 1. The molecule has 0 atom stereocenters. The largest absolute Gasteiger partial charge is 0.325 e. The molecule has 0 radical (unpaired) electrons. The van der Waals surface area contributed by atoms with Crippen molar-refractivity contribution in [2.75, 3.05) is 11.1 Å². The first-order valence-corrected chi connectivity index (χ1v) is 8.48. The molecule has 2 rings (SSSR count). The highest BCUT2D eigenvalue weighted by atomic mass is 32.2. The minimum Gasteiger partial charge on any atom is -0.325 e. The minimum absolute atomic E-state index is 0.0574. The van der Waals surface area contributed by atoms with Crippen LogP contribution in [0.2, 0.25) is 0 Å². The van der Waals surface area contributed by atoms with Crippen LogP contribution in [0.25, 0.3) is 0 Å². The Balaban J connectivity index is 1.93. The maximum Gasteiger partial charge on any atom is 0.224 e. The molecule has 0 bridgehead atoms. The first-order chi connectivity index (χ1) is 9.70. The third-order valence-electron chi connectivity index (χ3n) is 2.88. The van der Waals surface area contributed by atoms with E-state index in [4.69, 9.17) is 0 Å². The lowest BCUT2D eigenvalue weighted by Gasteiger charge is -2.09. The first kappa shape index (κ1) is 15.1. The molecule has 0 aliphatic heterocycles. The zero-order chi connectivity index (χ0) is 14.4. The van der Waals surface area contributed by atoms with Crippen LogP contribution >= 0.6 is 23.1 Å². The Labute approximate surface area is 127 Å². The number of rotatable bonds is 6. The van der Waals surface area contributed by atoms with Gasteiger partial charge in [-0.2, -0.15) is 0 Å². The molecule has 0 saturated heterocycles. The normalized spacial score (nSPS) is 10.5. The van der Waals surface area contributed by atoms with Crippen LogP contribution in [0.1, 0.15) is 23.9 Å². The fourth-order valence-electron chi connectivity index (χ4n) is 1.86. The van der Waals surface area contributed by atoms with E-state index in [9.17, 15) is 4.79 Å². The van der Waals surface area contributed by atoms with Crippen molar-refractivity contribution < 1.29 is 4.79 Å². The molecule has 1 amide bonds. The highest BCUT2D eigenvalue weighted by Crippen LogP contribution is 2.26. The van der Waals surface area contributed by atoms with Crippen LogP contribution in [0, 0.1) is 6.92 Å². The number of anilines is 1. The van der Waals surface area contributed by atoms with Gasteiger partial charge in [0.1, 0.15) is 0 Å². The number of carbonyl (C=O) groups is 1. The number of aromatic nitrogens is 1. The van der Waals surface area contributed by atoms with E-state index >= 15 is 0 Å². The molecule has 5 heteroatoms. The lowest BCUT2D eigenvalue weighted by Crippen LogP contribution is -2.12. The van der Waals surface area contributed by atoms with Crippen molar-refractivity contribution in [3.63, 3.8) is 0 Å². The Hall–Kier alpha value is -1.33. The average Bonchev–Trinajstić information content (AvgIpc) is 2.84. The van der Waals surface area contributed by atoms with Gasteiger partial charge in [-0.1, -0.05) is 19.1 Å². The minimum atomic E-state index is 0.0574. The third kappa shape index (κ3) is 4.08. The maximum atomic E-state index is 12.0. The molecule has 106 valence electrons. The van der Waals surface area contributed by atoms with Crippen molar-refractivity contribution in [1.29, 1.82) is 0 Å². The van der Waals surface area contributed by atoms with E-state index in [2.05, 4.69) is 17.2 Å². The van der Waals surface area contributed by atoms with Crippen LogP contribution < -0.4 is 5.32 Å². The summed E-state index contributed by atoms with van der Waals surface area (Å²) in [5, 5.41) is 3.00. The standard InChI is InChI=1S/C15H18N2OS2/c1-3-19-14-7-5-4-6-12(14)17-15(18)9-8-13-11(2)16-10-20-13/h4-7,10H,3,8-9H2,1-2H3,(H,17,18). The Kier molecular flexibility index (Phi) is 5.61. The fraction of sp³-hybridized carbons (Fsp3) is 0.333. The van der Waals surface area contributed by atoms with Gasteiger partial charge in [0.2, 0.25) is 5.91 Å². The van der Waals surface area contributed by atoms with Crippen molar-refractivity contribution in [2.24, 2.45) is 0 Å². The number of amides is 1. The monoisotopic (exact) mass is 306 g/mol. The van der Waals surface area contributed by atoms with Gasteiger partial charge in [0, 0.05) is 16.2 Å². The van der Waals surface area contributed by atoms with Gasteiger partial charge in [0.15, 0.2) is 0 Å². The number of para-hydroxylation sites is 1. The Bertz CT molecular complexity index is 581. The van der Waals surface area contributed by atoms with Crippen LogP contribution in [0.15, 0.2) is 34.7 Å². The lowest BCUT2D eigenvalue weighted by molar-refractivity contribution is -0.116. The molecule has 1 N–H and O–H groups in total. The number of benzene rings is 1. The Morgan fingerprint density at radius 1 is 1.40 bits per heavy atom. The number of aryl methyl sites for hydroxylation is 2. The van der Waals surface area contributed by atoms with E-state index in [1.165, 1.54) is 4.88 Å². The van der Waals surface area contributed by atoms with Gasteiger partial charge in [0.25, 0.3) is 0 Å². The number of thiazole rings is 1. The number of hydrogen-bond acceptors (Lipinski definition) is 4. The summed E-state index contributed by atoms with van der Waals surface area (Å²) in [4.78, 5) is 18.6. The second kappa shape index (κ2) is 7.45. The summed E-state index contributed by atoms with van der Waals surface area (Å²) >= 11 is 3.35. The van der Waals surface area contributed by atoms with Crippen LogP contribution in [-0.2, 0) is 11.2 Å². The van der Waals surface area contributed by atoms with Gasteiger partial charge < -0.3 is 5.32 Å². The van der Waals surface area contributed by atoms with E-state index in [0.717, 1.165) is 28.5 Å². The molecule has 0 aliphatic carbocycles. The van der Waals surface area contributed by atoms with E-state index in [1.54, 1.807) is 23.1 Å². The van der Waals surface area contributed by atoms with Crippen LogP contribution in [0.3, 0.4) is 0 Å². The van der Waals surface area contributed by atoms with Crippen molar-refractivity contribution >= 4 is 34.7 Å². The second-order valence-corrected chi connectivity index (χ2v) is 6.58. The smallest absolute Gasteiger partial charge is 0.224 e. The summed E-state index contributed by atoms with van der Waals surface area (Å²) in [5.74, 6) is 1.05. The number of hydrogen-bond donors (Lipinski definition) is 1. The molecule has 3 nitrogen and oxygen atoms in total. The number of carbonyl (C=O) groups excluding carboxylic acids is 1. The van der Waals surface area contributed by atoms with E-state index < -0.39 is 0 Å². The van der Waals surface area contributed by atoms with Gasteiger partial charge in [0.05, 0.1) is 16.9 Å². The van der Waals surface area contributed by atoms with Crippen molar-refractivity contribution in [2.45, 2.75) is 31.6 Å². The molecule has 0 spiro atoms. The van der Waals surface area contributed by atoms with Gasteiger partial charge in [-0.25, -0.2) is 4.98 Å². The summed E-state index contributed by atoms with van der Waals surface area (Å²) in [6.45, 7) is 4.09. The number of nitrogens with zero attached hydrogens (tertiary/aromatic N) is 1. The van der Waals surface area contributed by atoms with Crippen molar-refractivity contribution in [3.8, 4) is 0 Å². The fourth-order valence-corrected chi connectivity index (χ4v) is 3.40. The predicted octanol–water partition coefficient (Wildman–Crippen LogP) is 4.13. The van der Waals surface area contributed by atoms with E-state index in [1.807, 2.05) is 36.7 Å². The van der Waals surface area contributed by atoms with Gasteiger partial charge in [-0.3, -0.25) is 4.79 Å². The van der Waals surface area contributed by atoms with Crippen molar-refractivity contribution in [3.05, 3.63) is 40.3 Å². The molecule has 0 saturated carbocycles. The zero-order valence-electron chi connectivity index (χ0n) is 11.7. The topological polar surface area (TPSA) is 42.0 Å². The summed E-state index contributed by atoms with van der Waals surface area (Å²) in [7, 11) is 0. The highest BCUT2D eigenvalue weighted by Gasteiger charge is 2.08.